The minimum Gasteiger partial charge on any atom is -0.196 e. The summed E-state index contributed by atoms with van der Waals surface area (Å²) in [4.78, 5) is 0. The number of hydrogen-bond donors (Lipinski definition) is 0. The number of rotatable bonds is 1. The van der Waals surface area contributed by atoms with Crippen LogP contribution in [0.5, 0.6) is 0 Å². The first-order valence-corrected chi connectivity index (χ1v) is 4.09. The largest absolute Gasteiger partial charge is 0.416 e. The van der Waals surface area contributed by atoms with Gasteiger partial charge in [-0.1, -0.05) is 12.1 Å². The van der Waals surface area contributed by atoms with Crippen LogP contribution < -0.4 is 0 Å². The van der Waals surface area contributed by atoms with Crippen LogP contribution in [0.25, 0.3) is 0 Å². The van der Waals surface area contributed by atoms with E-state index in [0.717, 1.165) is 12.1 Å². The third-order valence-electron chi connectivity index (χ3n) is 1.64. The van der Waals surface area contributed by atoms with Gasteiger partial charge in [-0.25, -0.2) is 0 Å². The maximum absolute atomic E-state index is 12.1. The molecule has 0 saturated carbocycles. The van der Waals surface area contributed by atoms with E-state index < -0.39 is 17.1 Å². The number of benzene rings is 1. The minimum absolute atomic E-state index is 0.363. The maximum atomic E-state index is 12.1. The molecule has 0 spiro atoms. The van der Waals surface area contributed by atoms with Crippen molar-refractivity contribution in [3.05, 3.63) is 35.4 Å². The molecule has 0 bridgehead atoms. The summed E-state index contributed by atoms with van der Waals surface area (Å²) >= 11 is 5.51. The first kappa shape index (κ1) is 10.9. The van der Waals surface area contributed by atoms with Crippen LogP contribution in [0, 0.1) is 11.3 Å². The summed E-state index contributed by atoms with van der Waals surface area (Å²) in [6, 6.07) is 5.93. The Balaban J connectivity index is 2.96. The zero-order chi connectivity index (χ0) is 10.8. The maximum Gasteiger partial charge on any atom is 0.416 e. The summed E-state index contributed by atoms with van der Waals surface area (Å²) in [5, 5.41) is 7.51. The highest BCUT2D eigenvalue weighted by molar-refractivity contribution is 6.22. The van der Waals surface area contributed by atoms with Gasteiger partial charge in [0.2, 0.25) is 0 Å². The molecule has 0 amide bonds. The van der Waals surface area contributed by atoms with Crippen LogP contribution in [-0.4, -0.2) is 0 Å². The van der Waals surface area contributed by atoms with Gasteiger partial charge >= 0.3 is 6.18 Å². The summed E-state index contributed by atoms with van der Waals surface area (Å²) in [5.74, 6) is 0. The lowest BCUT2D eigenvalue weighted by atomic mass is 10.1. The van der Waals surface area contributed by atoms with Gasteiger partial charge < -0.3 is 0 Å². The van der Waals surface area contributed by atoms with Gasteiger partial charge in [-0.15, -0.1) is 11.6 Å². The molecule has 0 saturated heterocycles. The molecular weight excluding hydrogens is 215 g/mol. The predicted octanol–water partition coefficient (Wildman–Crippen LogP) is 3.51. The van der Waals surface area contributed by atoms with Crippen LogP contribution in [0.1, 0.15) is 16.5 Å². The predicted molar refractivity (Wildman–Crippen MR) is 45.7 cm³/mol. The summed E-state index contributed by atoms with van der Waals surface area (Å²) in [5.41, 5.74) is -0.384. The Morgan fingerprint density at radius 1 is 1.21 bits per heavy atom. The molecule has 0 radical (unpaired) electrons. The lowest BCUT2D eigenvalue weighted by Gasteiger charge is -2.07. The van der Waals surface area contributed by atoms with E-state index in [1.54, 1.807) is 6.07 Å². The lowest BCUT2D eigenvalue weighted by Crippen LogP contribution is -2.04. The fourth-order valence-electron chi connectivity index (χ4n) is 0.916. The average Bonchev–Trinajstić information content (AvgIpc) is 2.15. The Morgan fingerprint density at radius 2 is 1.71 bits per heavy atom. The smallest absolute Gasteiger partial charge is 0.196 e. The minimum atomic E-state index is -4.35. The van der Waals surface area contributed by atoms with E-state index >= 15 is 0 Å². The van der Waals surface area contributed by atoms with Gasteiger partial charge in [0.1, 0.15) is 5.38 Å². The molecule has 1 aromatic carbocycles. The molecule has 14 heavy (non-hydrogen) atoms. The van der Waals surface area contributed by atoms with Gasteiger partial charge in [0.15, 0.2) is 0 Å². The van der Waals surface area contributed by atoms with E-state index in [0.29, 0.717) is 5.56 Å². The standard InChI is InChI=1S/C9H5ClF3N/c10-8(5-14)6-1-3-7(4-2-6)9(11,12)13/h1-4,8H/t8-/m0/s1. The molecule has 1 rings (SSSR count). The van der Waals surface area contributed by atoms with Crippen molar-refractivity contribution in [2.24, 2.45) is 0 Å². The highest BCUT2D eigenvalue weighted by atomic mass is 35.5. The van der Waals surface area contributed by atoms with Crippen LogP contribution in [0.4, 0.5) is 13.2 Å². The van der Waals surface area contributed by atoms with Crippen molar-refractivity contribution >= 4 is 11.6 Å². The second kappa shape index (κ2) is 3.89. The molecule has 0 aliphatic heterocycles. The van der Waals surface area contributed by atoms with Gasteiger partial charge in [0.25, 0.3) is 0 Å². The summed E-state index contributed by atoms with van der Waals surface area (Å²) in [6.45, 7) is 0. The Morgan fingerprint density at radius 3 is 2.07 bits per heavy atom. The molecule has 0 N–H and O–H groups in total. The second-order valence-corrected chi connectivity index (χ2v) is 3.05. The molecule has 74 valence electrons. The van der Waals surface area contributed by atoms with E-state index in [9.17, 15) is 13.2 Å². The van der Waals surface area contributed by atoms with Crippen molar-refractivity contribution in [1.29, 1.82) is 5.26 Å². The summed E-state index contributed by atoms with van der Waals surface area (Å²) < 4.78 is 36.3. The summed E-state index contributed by atoms with van der Waals surface area (Å²) in [7, 11) is 0. The first-order chi connectivity index (χ1) is 6.45. The Kier molecular flexibility index (Phi) is 3.02. The van der Waals surface area contributed by atoms with Gasteiger partial charge in [-0.2, -0.15) is 18.4 Å². The fraction of sp³-hybridized carbons (Fsp3) is 0.222. The summed E-state index contributed by atoms with van der Waals surface area (Å²) in [6.07, 6.45) is -4.35. The van der Waals surface area contributed by atoms with Gasteiger partial charge in [-0.3, -0.25) is 0 Å². The van der Waals surface area contributed by atoms with Crippen LogP contribution in [0.2, 0.25) is 0 Å². The van der Waals surface area contributed by atoms with E-state index in [1.807, 2.05) is 0 Å². The quantitative estimate of drug-likeness (QED) is 0.663. The topological polar surface area (TPSA) is 23.8 Å². The molecule has 0 heterocycles. The van der Waals surface area contributed by atoms with Gasteiger partial charge in [-0.05, 0) is 17.7 Å². The van der Waals surface area contributed by atoms with E-state index in [4.69, 9.17) is 16.9 Å². The first-order valence-electron chi connectivity index (χ1n) is 3.66. The van der Waals surface area contributed by atoms with Crippen molar-refractivity contribution in [2.45, 2.75) is 11.6 Å². The monoisotopic (exact) mass is 219 g/mol. The van der Waals surface area contributed by atoms with E-state index in [2.05, 4.69) is 0 Å². The molecule has 0 fully saturated rings. The molecule has 5 heteroatoms. The Bertz CT molecular complexity index is 350. The number of hydrogen-bond acceptors (Lipinski definition) is 1. The fourth-order valence-corrected chi connectivity index (χ4v) is 1.06. The molecule has 0 aliphatic rings. The van der Waals surface area contributed by atoms with Gasteiger partial charge in [0, 0.05) is 0 Å². The SMILES string of the molecule is N#C[C@H](Cl)c1ccc(C(F)(F)F)cc1. The lowest BCUT2D eigenvalue weighted by molar-refractivity contribution is -0.137. The number of nitrogens with zero attached hydrogens (tertiary/aromatic N) is 1. The van der Waals surface area contributed by atoms with Crippen molar-refractivity contribution in [2.75, 3.05) is 0 Å². The second-order valence-electron chi connectivity index (χ2n) is 2.61. The number of halogens is 4. The number of nitriles is 1. The molecule has 0 aromatic heterocycles. The van der Waals surface area contributed by atoms with Crippen LogP contribution >= 0.6 is 11.6 Å². The van der Waals surface area contributed by atoms with Crippen molar-refractivity contribution in [3.63, 3.8) is 0 Å². The van der Waals surface area contributed by atoms with Crippen molar-refractivity contribution in [3.8, 4) is 6.07 Å². The molecule has 0 aliphatic carbocycles. The molecule has 0 unspecified atom stereocenters. The Hall–Kier alpha value is -1.21. The van der Waals surface area contributed by atoms with Gasteiger partial charge in [0.05, 0.1) is 11.6 Å². The van der Waals surface area contributed by atoms with Crippen molar-refractivity contribution < 1.29 is 13.2 Å². The van der Waals surface area contributed by atoms with E-state index in [-0.39, 0.29) is 0 Å². The van der Waals surface area contributed by atoms with E-state index in [1.165, 1.54) is 12.1 Å². The normalized spacial score (nSPS) is 13.4. The Labute approximate surface area is 83.7 Å². The highest BCUT2D eigenvalue weighted by Gasteiger charge is 2.30. The molecule has 1 nitrogen and oxygen atoms in total. The third-order valence-corrected chi connectivity index (χ3v) is 1.99. The molecule has 1 atom stereocenters. The molecule has 1 aromatic rings. The van der Waals surface area contributed by atoms with Crippen LogP contribution in [0.3, 0.4) is 0 Å². The molecular formula is C9H5ClF3N. The highest BCUT2D eigenvalue weighted by Crippen LogP contribution is 2.30. The average molecular weight is 220 g/mol. The third kappa shape index (κ3) is 2.39. The number of alkyl halides is 4. The van der Waals surface area contributed by atoms with Crippen molar-refractivity contribution in [1.82, 2.24) is 0 Å². The zero-order valence-electron chi connectivity index (χ0n) is 6.85. The van der Waals surface area contributed by atoms with Crippen LogP contribution in [0.15, 0.2) is 24.3 Å². The van der Waals surface area contributed by atoms with Crippen LogP contribution in [-0.2, 0) is 6.18 Å². The zero-order valence-corrected chi connectivity index (χ0v) is 7.60.